The van der Waals surface area contributed by atoms with Gasteiger partial charge in [-0.25, -0.2) is 4.83 Å². The van der Waals surface area contributed by atoms with E-state index >= 15 is 0 Å². The molecule has 1 heterocycles. The average Bonchev–Trinajstić information content (AvgIpc) is 2.81. The lowest BCUT2D eigenvalue weighted by Crippen LogP contribution is -2.21. The third kappa shape index (κ3) is 3.35. The summed E-state index contributed by atoms with van der Waals surface area (Å²) >= 11 is 0. The Bertz CT molecular complexity index is 660. The number of carboxylic acids is 1. The third-order valence-electron chi connectivity index (χ3n) is 2.42. The molecule has 1 aromatic heterocycles. The standard InChI is InChI=1S/C12H12N2O4S/c15-12(16)9-10-3-5-11(6-4-10)19(17,18)13-14-7-1-2-8-14/h1-8,13H,9H2,(H,15,16). The van der Waals surface area contributed by atoms with Crippen LogP contribution in [0.4, 0.5) is 0 Å². The van der Waals surface area contributed by atoms with Crippen molar-refractivity contribution in [3.8, 4) is 0 Å². The molecular formula is C12H12N2O4S. The van der Waals surface area contributed by atoms with Crippen LogP contribution in [0.3, 0.4) is 0 Å². The van der Waals surface area contributed by atoms with Crippen LogP contribution >= 0.6 is 0 Å². The lowest BCUT2D eigenvalue weighted by atomic mass is 10.2. The number of sulfonamides is 1. The van der Waals surface area contributed by atoms with Gasteiger partial charge < -0.3 is 5.11 Å². The molecule has 0 aliphatic rings. The van der Waals surface area contributed by atoms with Crippen molar-refractivity contribution in [1.29, 1.82) is 0 Å². The normalized spacial score (nSPS) is 11.2. The van der Waals surface area contributed by atoms with Crippen molar-refractivity contribution in [3.63, 3.8) is 0 Å². The van der Waals surface area contributed by atoms with Gasteiger partial charge in [0.15, 0.2) is 0 Å². The Morgan fingerprint density at radius 1 is 1.16 bits per heavy atom. The van der Waals surface area contributed by atoms with Crippen molar-refractivity contribution in [2.24, 2.45) is 0 Å². The number of aromatic nitrogens is 1. The highest BCUT2D eigenvalue weighted by molar-refractivity contribution is 7.92. The smallest absolute Gasteiger partial charge is 0.307 e. The first kappa shape index (κ1) is 13.2. The number of hydrogen-bond acceptors (Lipinski definition) is 3. The van der Waals surface area contributed by atoms with Gasteiger partial charge in [-0.2, -0.15) is 8.42 Å². The minimum Gasteiger partial charge on any atom is -0.481 e. The van der Waals surface area contributed by atoms with Crippen molar-refractivity contribution in [2.45, 2.75) is 11.3 Å². The van der Waals surface area contributed by atoms with Gasteiger partial charge in [0.25, 0.3) is 10.0 Å². The first-order chi connectivity index (χ1) is 8.97. The molecule has 6 nitrogen and oxygen atoms in total. The molecule has 0 aliphatic heterocycles. The fourth-order valence-electron chi connectivity index (χ4n) is 1.55. The maximum Gasteiger partial charge on any atom is 0.307 e. The highest BCUT2D eigenvalue weighted by atomic mass is 32.2. The van der Waals surface area contributed by atoms with Gasteiger partial charge in [0.2, 0.25) is 0 Å². The van der Waals surface area contributed by atoms with E-state index in [0.29, 0.717) is 5.56 Å². The number of nitrogens with zero attached hydrogens (tertiary/aromatic N) is 1. The van der Waals surface area contributed by atoms with Crippen LogP contribution in [0.15, 0.2) is 53.7 Å². The molecule has 2 rings (SSSR count). The molecule has 0 atom stereocenters. The van der Waals surface area contributed by atoms with Gasteiger partial charge in [-0.15, -0.1) is 0 Å². The Kier molecular flexibility index (Phi) is 3.57. The summed E-state index contributed by atoms with van der Waals surface area (Å²) in [5.41, 5.74) is 0.549. The zero-order valence-corrected chi connectivity index (χ0v) is 10.7. The van der Waals surface area contributed by atoms with Gasteiger partial charge >= 0.3 is 5.97 Å². The molecule has 2 aromatic rings. The molecule has 0 fully saturated rings. The lowest BCUT2D eigenvalue weighted by Gasteiger charge is -2.09. The summed E-state index contributed by atoms with van der Waals surface area (Å²) in [4.78, 5) is 13.0. The topological polar surface area (TPSA) is 88.4 Å². The number of carboxylic acid groups (broad SMARTS) is 1. The van der Waals surface area contributed by atoms with Crippen LogP contribution in [-0.4, -0.2) is 24.2 Å². The van der Waals surface area contributed by atoms with Crippen LogP contribution < -0.4 is 4.83 Å². The minimum atomic E-state index is -3.66. The quantitative estimate of drug-likeness (QED) is 0.856. The monoisotopic (exact) mass is 280 g/mol. The Hall–Kier alpha value is -2.28. The zero-order chi connectivity index (χ0) is 13.9. The Morgan fingerprint density at radius 3 is 2.26 bits per heavy atom. The summed E-state index contributed by atoms with van der Waals surface area (Å²) in [6, 6.07) is 9.11. The molecule has 100 valence electrons. The van der Waals surface area contributed by atoms with Crippen LogP contribution in [0.1, 0.15) is 5.56 Å². The zero-order valence-electron chi connectivity index (χ0n) is 9.85. The van der Waals surface area contributed by atoms with Crippen molar-refractivity contribution in [1.82, 2.24) is 4.68 Å². The van der Waals surface area contributed by atoms with E-state index in [0.717, 1.165) is 0 Å². The highest BCUT2D eigenvalue weighted by Gasteiger charge is 2.13. The summed E-state index contributed by atoms with van der Waals surface area (Å²) in [7, 11) is -3.66. The lowest BCUT2D eigenvalue weighted by molar-refractivity contribution is -0.136. The Balaban J connectivity index is 2.19. The molecule has 0 aliphatic carbocycles. The van der Waals surface area contributed by atoms with Gasteiger partial charge in [-0.1, -0.05) is 12.1 Å². The van der Waals surface area contributed by atoms with E-state index in [4.69, 9.17) is 5.11 Å². The van der Waals surface area contributed by atoms with Crippen LogP contribution in [0.2, 0.25) is 0 Å². The molecule has 0 unspecified atom stereocenters. The van der Waals surface area contributed by atoms with E-state index in [2.05, 4.69) is 4.83 Å². The predicted octanol–water partition coefficient (Wildman–Crippen LogP) is 1.05. The van der Waals surface area contributed by atoms with Crippen molar-refractivity contribution < 1.29 is 18.3 Å². The van der Waals surface area contributed by atoms with Crippen molar-refractivity contribution in [3.05, 3.63) is 54.4 Å². The predicted molar refractivity (Wildman–Crippen MR) is 68.8 cm³/mol. The van der Waals surface area contributed by atoms with Gasteiger partial charge in [0, 0.05) is 12.4 Å². The number of hydrogen-bond donors (Lipinski definition) is 2. The largest absolute Gasteiger partial charge is 0.481 e. The van der Waals surface area contributed by atoms with Crippen molar-refractivity contribution in [2.75, 3.05) is 4.83 Å². The number of carbonyl (C=O) groups is 1. The highest BCUT2D eigenvalue weighted by Crippen LogP contribution is 2.12. The number of aliphatic carboxylic acids is 1. The molecule has 0 spiro atoms. The molecule has 0 amide bonds. The van der Waals surface area contributed by atoms with Gasteiger partial charge in [0.05, 0.1) is 11.3 Å². The molecule has 0 bridgehead atoms. The van der Waals surface area contributed by atoms with Gasteiger partial charge in [-0.3, -0.25) is 9.47 Å². The first-order valence-corrected chi connectivity index (χ1v) is 6.92. The van der Waals surface area contributed by atoms with Crippen LogP contribution in [-0.2, 0) is 21.2 Å². The van der Waals surface area contributed by atoms with E-state index in [1.807, 2.05) is 0 Å². The molecular weight excluding hydrogens is 268 g/mol. The second kappa shape index (κ2) is 5.15. The molecule has 7 heteroatoms. The summed E-state index contributed by atoms with van der Waals surface area (Å²) in [5, 5.41) is 8.63. The molecule has 1 aromatic carbocycles. The van der Waals surface area contributed by atoms with Gasteiger partial charge in [-0.05, 0) is 29.8 Å². The molecule has 0 saturated carbocycles. The summed E-state index contributed by atoms with van der Waals surface area (Å²) in [6.07, 6.45) is 3.00. The van der Waals surface area contributed by atoms with E-state index < -0.39 is 16.0 Å². The summed E-state index contributed by atoms with van der Waals surface area (Å²) in [5.74, 6) is -0.957. The van der Waals surface area contributed by atoms with E-state index in [1.54, 1.807) is 24.5 Å². The maximum atomic E-state index is 12.0. The third-order valence-corrected chi connectivity index (χ3v) is 3.76. The molecule has 19 heavy (non-hydrogen) atoms. The fourth-order valence-corrected chi connectivity index (χ4v) is 2.55. The Morgan fingerprint density at radius 2 is 1.74 bits per heavy atom. The average molecular weight is 280 g/mol. The number of rotatable bonds is 5. The van der Waals surface area contributed by atoms with Crippen LogP contribution in [0.25, 0.3) is 0 Å². The Labute approximate surface area is 110 Å². The summed E-state index contributed by atoms with van der Waals surface area (Å²) < 4.78 is 25.3. The van der Waals surface area contributed by atoms with Gasteiger partial charge in [0.1, 0.15) is 0 Å². The molecule has 2 N–H and O–H groups in total. The molecule has 0 radical (unpaired) electrons. The minimum absolute atomic E-state index is 0.0790. The summed E-state index contributed by atoms with van der Waals surface area (Å²) in [6.45, 7) is 0. The number of benzene rings is 1. The fraction of sp³-hybridized carbons (Fsp3) is 0.0833. The van der Waals surface area contributed by atoms with Crippen molar-refractivity contribution >= 4 is 16.0 Å². The molecule has 0 saturated heterocycles. The maximum absolute atomic E-state index is 12.0. The van der Waals surface area contributed by atoms with Crippen LogP contribution in [0.5, 0.6) is 0 Å². The second-order valence-corrected chi connectivity index (χ2v) is 5.56. The number of nitrogens with one attached hydrogen (secondary N) is 1. The van der Waals surface area contributed by atoms with E-state index in [9.17, 15) is 13.2 Å². The van der Waals surface area contributed by atoms with E-state index in [-0.39, 0.29) is 11.3 Å². The first-order valence-electron chi connectivity index (χ1n) is 5.44. The van der Waals surface area contributed by atoms with E-state index in [1.165, 1.54) is 28.9 Å². The SMILES string of the molecule is O=C(O)Cc1ccc(S(=O)(=O)Nn2cccc2)cc1. The second-order valence-electron chi connectivity index (χ2n) is 3.90. The van der Waals surface area contributed by atoms with Crippen LogP contribution in [0, 0.1) is 0 Å².